The van der Waals surface area contributed by atoms with Gasteiger partial charge in [0.2, 0.25) is 5.91 Å². The van der Waals surface area contributed by atoms with Gasteiger partial charge >= 0.3 is 0 Å². The Hall–Kier alpha value is -2.83. The van der Waals surface area contributed by atoms with Crippen molar-refractivity contribution in [1.82, 2.24) is 9.88 Å². The van der Waals surface area contributed by atoms with Crippen LogP contribution in [-0.2, 0) is 16.0 Å². The minimum absolute atomic E-state index is 0.127. The van der Waals surface area contributed by atoms with Crippen molar-refractivity contribution in [3.8, 4) is 0 Å². The Morgan fingerprint density at radius 1 is 1.31 bits per heavy atom. The highest BCUT2D eigenvalue weighted by molar-refractivity contribution is 6.31. The van der Waals surface area contributed by atoms with Crippen molar-refractivity contribution in [2.24, 2.45) is 5.73 Å². The van der Waals surface area contributed by atoms with E-state index in [1.54, 1.807) is 19.1 Å². The molecule has 0 saturated carbocycles. The third-order valence-electron chi connectivity index (χ3n) is 5.08. The number of likely N-dealkylation sites (N-methyl/N-ethyl adjacent to an activating group) is 1. The molecule has 6 nitrogen and oxygen atoms in total. The molecule has 1 unspecified atom stereocenters. The Bertz CT molecular complexity index is 1010. The highest BCUT2D eigenvalue weighted by Gasteiger charge is 2.29. The lowest BCUT2D eigenvalue weighted by atomic mass is 9.92. The molecule has 1 aliphatic heterocycles. The third-order valence-corrected chi connectivity index (χ3v) is 5.31. The van der Waals surface area contributed by atoms with Crippen molar-refractivity contribution in [3.63, 3.8) is 0 Å². The number of nitrogens with zero attached hydrogens (tertiary/aromatic N) is 1. The Morgan fingerprint density at radius 3 is 2.62 bits per heavy atom. The number of hydrogen-bond donors (Lipinski definition) is 2. The standard InChI is InChI=1S/C19H18ClN3O.C3H6O2/c1-23-9-8-14-15-10-13(20)6-7-16(15)22-17(14)18(23)11-2-4-12(5-3-11)19(21)24;1-2-5-3-4/h2-7,10,18,22H,8-9H2,1H3,(H2,21,24);3H,2H2,1H3. The highest BCUT2D eigenvalue weighted by Crippen LogP contribution is 2.38. The number of benzene rings is 2. The minimum Gasteiger partial charge on any atom is -0.468 e. The number of primary amides is 1. The Morgan fingerprint density at radius 2 is 2.03 bits per heavy atom. The second-order valence-electron chi connectivity index (χ2n) is 6.88. The van der Waals surface area contributed by atoms with Crippen molar-refractivity contribution >= 4 is 34.9 Å². The zero-order chi connectivity index (χ0) is 21.0. The Kier molecular flexibility index (Phi) is 6.56. The van der Waals surface area contributed by atoms with E-state index in [4.69, 9.17) is 17.3 Å². The van der Waals surface area contributed by atoms with Crippen molar-refractivity contribution < 1.29 is 14.3 Å². The number of fused-ring (bicyclic) bond motifs is 3. The van der Waals surface area contributed by atoms with Crippen LogP contribution >= 0.6 is 11.6 Å². The normalized spacial score (nSPS) is 15.9. The van der Waals surface area contributed by atoms with E-state index in [1.165, 1.54) is 16.6 Å². The Labute approximate surface area is 174 Å². The monoisotopic (exact) mass is 413 g/mol. The van der Waals surface area contributed by atoms with Gasteiger partial charge in [0.1, 0.15) is 0 Å². The lowest BCUT2D eigenvalue weighted by Crippen LogP contribution is -2.32. The molecule has 152 valence electrons. The van der Waals surface area contributed by atoms with Gasteiger partial charge in [-0.3, -0.25) is 14.5 Å². The fourth-order valence-electron chi connectivity index (χ4n) is 3.70. The fourth-order valence-corrected chi connectivity index (χ4v) is 3.87. The maximum absolute atomic E-state index is 11.3. The highest BCUT2D eigenvalue weighted by atomic mass is 35.5. The minimum atomic E-state index is -0.403. The molecule has 1 aromatic heterocycles. The number of H-pyrrole nitrogens is 1. The molecule has 0 fully saturated rings. The summed E-state index contributed by atoms with van der Waals surface area (Å²) < 4.78 is 4.15. The predicted octanol–water partition coefficient (Wildman–Crippen LogP) is 3.68. The molecule has 0 spiro atoms. The third kappa shape index (κ3) is 4.44. The molecule has 29 heavy (non-hydrogen) atoms. The first-order valence-corrected chi connectivity index (χ1v) is 9.79. The lowest BCUT2D eigenvalue weighted by Gasteiger charge is -2.33. The van der Waals surface area contributed by atoms with Gasteiger partial charge in [0.15, 0.2) is 0 Å². The van der Waals surface area contributed by atoms with Crippen LogP contribution in [0.3, 0.4) is 0 Å². The Balaban J connectivity index is 0.000000431. The van der Waals surface area contributed by atoms with Crippen LogP contribution in [0.25, 0.3) is 10.9 Å². The number of aromatic nitrogens is 1. The second-order valence-corrected chi connectivity index (χ2v) is 7.31. The van der Waals surface area contributed by atoms with Crippen molar-refractivity contribution in [3.05, 3.63) is 69.9 Å². The largest absolute Gasteiger partial charge is 0.468 e. The van der Waals surface area contributed by atoms with Crippen LogP contribution in [0.4, 0.5) is 0 Å². The van der Waals surface area contributed by atoms with Crippen LogP contribution in [0.1, 0.15) is 40.1 Å². The molecule has 4 rings (SSSR count). The maximum atomic E-state index is 11.3. The van der Waals surface area contributed by atoms with Crippen molar-refractivity contribution in [2.75, 3.05) is 20.2 Å². The zero-order valence-electron chi connectivity index (χ0n) is 16.4. The lowest BCUT2D eigenvalue weighted by molar-refractivity contribution is -0.128. The van der Waals surface area contributed by atoms with Crippen molar-refractivity contribution in [1.29, 1.82) is 0 Å². The number of halogens is 1. The van der Waals surface area contributed by atoms with E-state index in [0.717, 1.165) is 29.1 Å². The molecule has 3 aromatic rings. The summed E-state index contributed by atoms with van der Waals surface area (Å²) >= 11 is 6.18. The van der Waals surface area contributed by atoms with Gasteiger partial charge in [-0.25, -0.2) is 0 Å². The van der Waals surface area contributed by atoms with Crippen LogP contribution < -0.4 is 5.73 Å². The first-order valence-electron chi connectivity index (χ1n) is 9.41. The smallest absolute Gasteiger partial charge is 0.293 e. The second kappa shape index (κ2) is 9.11. The van der Waals surface area contributed by atoms with E-state index in [2.05, 4.69) is 21.7 Å². The van der Waals surface area contributed by atoms with E-state index in [1.807, 2.05) is 30.3 Å². The first-order chi connectivity index (χ1) is 14.0. The summed E-state index contributed by atoms with van der Waals surface area (Å²) in [7, 11) is 2.12. The SMILES string of the molecule is CCOC=O.CN1CCc2c([nH]c3ccc(Cl)cc23)C1c1ccc(C(N)=O)cc1. The van der Waals surface area contributed by atoms with Gasteiger partial charge < -0.3 is 15.5 Å². The van der Waals surface area contributed by atoms with E-state index < -0.39 is 5.91 Å². The molecule has 2 heterocycles. The number of aromatic amines is 1. The van der Waals surface area contributed by atoms with E-state index >= 15 is 0 Å². The number of nitrogens with two attached hydrogens (primary N) is 1. The number of carbonyl (C=O) groups is 2. The van der Waals surface area contributed by atoms with Gasteiger partial charge in [-0.1, -0.05) is 23.7 Å². The number of rotatable bonds is 4. The van der Waals surface area contributed by atoms with Crippen LogP contribution in [0, 0.1) is 0 Å². The molecule has 0 radical (unpaired) electrons. The quantitative estimate of drug-likeness (QED) is 0.638. The summed E-state index contributed by atoms with van der Waals surface area (Å²) in [4.78, 5) is 26.4. The van der Waals surface area contributed by atoms with E-state index in [-0.39, 0.29) is 6.04 Å². The van der Waals surface area contributed by atoms with Gasteiger partial charge in [-0.15, -0.1) is 0 Å². The average Bonchev–Trinajstić information content (AvgIpc) is 3.06. The molecule has 1 aliphatic rings. The molecular weight excluding hydrogens is 390 g/mol. The molecule has 1 amide bonds. The molecule has 0 aliphatic carbocycles. The molecule has 0 bridgehead atoms. The summed E-state index contributed by atoms with van der Waals surface area (Å²) in [5.74, 6) is -0.403. The molecule has 1 atom stereocenters. The van der Waals surface area contributed by atoms with Gasteiger partial charge in [0.25, 0.3) is 6.47 Å². The predicted molar refractivity (Wildman–Crippen MR) is 114 cm³/mol. The van der Waals surface area contributed by atoms with Crippen LogP contribution in [-0.4, -0.2) is 42.5 Å². The van der Waals surface area contributed by atoms with Crippen molar-refractivity contribution in [2.45, 2.75) is 19.4 Å². The fraction of sp³-hybridized carbons (Fsp3) is 0.273. The number of amides is 1. The number of nitrogens with one attached hydrogen (secondary N) is 1. The summed E-state index contributed by atoms with van der Waals surface area (Å²) in [6.07, 6.45) is 0.988. The molecule has 3 N–H and O–H groups in total. The zero-order valence-corrected chi connectivity index (χ0v) is 17.2. The molecule has 7 heteroatoms. The molecule has 2 aromatic carbocycles. The number of hydrogen-bond acceptors (Lipinski definition) is 4. The summed E-state index contributed by atoms with van der Waals surface area (Å²) in [6, 6.07) is 13.6. The van der Waals surface area contributed by atoms with E-state index in [9.17, 15) is 9.59 Å². The summed E-state index contributed by atoms with van der Waals surface area (Å²) in [5, 5.41) is 1.95. The topological polar surface area (TPSA) is 88.4 Å². The van der Waals surface area contributed by atoms with E-state index in [0.29, 0.717) is 18.6 Å². The molecule has 0 saturated heterocycles. The van der Waals surface area contributed by atoms with Gasteiger partial charge in [-0.2, -0.15) is 0 Å². The number of carbonyl (C=O) groups excluding carboxylic acids is 2. The van der Waals surface area contributed by atoms with Gasteiger partial charge in [0, 0.05) is 33.7 Å². The average molecular weight is 414 g/mol. The van der Waals surface area contributed by atoms with Gasteiger partial charge in [0.05, 0.1) is 12.6 Å². The first kappa shape index (κ1) is 20.9. The van der Waals surface area contributed by atoms with Crippen LogP contribution in [0.15, 0.2) is 42.5 Å². The number of ether oxygens (including phenoxy) is 1. The summed E-state index contributed by atoms with van der Waals surface area (Å²) in [6.45, 7) is 3.63. The van der Waals surface area contributed by atoms with Crippen LogP contribution in [0.5, 0.6) is 0 Å². The maximum Gasteiger partial charge on any atom is 0.293 e. The molecular formula is C22H24ClN3O3. The van der Waals surface area contributed by atoms with Crippen LogP contribution in [0.2, 0.25) is 5.02 Å². The summed E-state index contributed by atoms with van der Waals surface area (Å²) in [5.41, 5.74) is 10.7. The van der Waals surface area contributed by atoms with Gasteiger partial charge in [-0.05, 0) is 61.9 Å².